The molecule has 0 radical (unpaired) electrons. The van der Waals surface area contributed by atoms with E-state index in [1.807, 2.05) is 0 Å². The van der Waals surface area contributed by atoms with Gasteiger partial charge in [0.15, 0.2) is 17.1 Å². The number of rotatable bonds is 1. The smallest absolute Gasteiger partial charge is 0.173 e. The minimum Gasteiger partial charge on any atom is -0.504 e. The molecule has 0 amide bonds. The minimum atomic E-state index is -0.109. The van der Waals surface area contributed by atoms with E-state index in [-0.39, 0.29) is 17.1 Å². The van der Waals surface area contributed by atoms with Gasteiger partial charge in [0.2, 0.25) is 0 Å². The fraction of sp³-hybridized carbons (Fsp3) is 0.625. The molecule has 1 atom stereocenters. The number of nitrogens with zero attached hydrogens (tertiary/aromatic N) is 2. The van der Waals surface area contributed by atoms with Crippen molar-refractivity contribution in [1.29, 1.82) is 0 Å². The van der Waals surface area contributed by atoms with E-state index in [1.54, 1.807) is 0 Å². The Morgan fingerprint density at radius 3 is 3.00 bits per heavy atom. The van der Waals surface area contributed by atoms with Crippen LogP contribution in [0.4, 0.5) is 0 Å². The largest absolute Gasteiger partial charge is 0.504 e. The van der Waals surface area contributed by atoms with Gasteiger partial charge in [-0.3, -0.25) is 0 Å². The zero-order valence-electron chi connectivity index (χ0n) is 7.11. The molecule has 0 aliphatic carbocycles. The molecule has 1 aliphatic heterocycles. The van der Waals surface area contributed by atoms with Crippen LogP contribution in [-0.4, -0.2) is 21.5 Å². The van der Waals surface area contributed by atoms with Gasteiger partial charge in [-0.05, 0) is 19.3 Å². The topological polar surface area (TPSA) is 47.3 Å². The highest BCUT2D eigenvalue weighted by Crippen LogP contribution is 2.29. The summed E-state index contributed by atoms with van der Waals surface area (Å²) in [6.07, 6.45) is 4.33. The number of hydrogen-bond acceptors (Lipinski definition) is 3. The van der Waals surface area contributed by atoms with E-state index in [0.717, 1.165) is 25.9 Å². The summed E-state index contributed by atoms with van der Waals surface area (Å²) in [7, 11) is 0. The number of aromatic hydroxyl groups is 1. The van der Waals surface area contributed by atoms with Crippen LogP contribution in [0.5, 0.6) is 5.75 Å². The average molecular weight is 203 g/mol. The van der Waals surface area contributed by atoms with Gasteiger partial charge in [-0.1, -0.05) is 11.6 Å². The van der Waals surface area contributed by atoms with Gasteiger partial charge >= 0.3 is 0 Å². The molecule has 1 N–H and O–H groups in total. The summed E-state index contributed by atoms with van der Waals surface area (Å²) in [6, 6.07) is 0. The van der Waals surface area contributed by atoms with Crippen LogP contribution in [0.3, 0.4) is 0 Å². The predicted octanol–water partition coefficient (Wildman–Crippen LogP) is 1.94. The van der Waals surface area contributed by atoms with Gasteiger partial charge in [-0.2, -0.15) is 5.10 Å². The predicted molar refractivity (Wildman–Crippen MR) is 47.7 cm³/mol. The molecule has 0 spiro atoms. The van der Waals surface area contributed by atoms with Crippen LogP contribution < -0.4 is 0 Å². The van der Waals surface area contributed by atoms with E-state index in [0.29, 0.717) is 0 Å². The van der Waals surface area contributed by atoms with Crippen molar-refractivity contribution in [2.24, 2.45) is 0 Å². The van der Waals surface area contributed by atoms with Crippen molar-refractivity contribution in [2.75, 3.05) is 6.61 Å². The van der Waals surface area contributed by atoms with Gasteiger partial charge in [-0.25, -0.2) is 4.68 Å². The quantitative estimate of drug-likeness (QED) is 0.757. The molecule has 72 valence electrons. The molecule has 1 aromatic heterocycles. The first kappa shape index (κ1) is 8.84. The van der Waals surface area contributed by atoms with Gasteiger partial charge in [0.25, 0.3) is 0 Å². The molecular formula is C8H11ClN2O2. The maximum atomic E-state index is 9.20. The zero-order valence-corrected chi connectivity index (χ0v) is 7.87. The number of aromatic nitrogens is 2. The summed E-state index contributed by atoms with van der Waals surface area (Å²) >= 11 is 5.81. The second-order valence-corrected chi connectivity index (χ2v) is 3.44. The molecule has 1 unspecified atom stereocenters. The first-order chi connectivity index (χ1) is 6.29. The van der Waals surface area contributed by atoms with Crippen LogP contribution in [0.1, 0.15) is 25.5 Å². The molecule has 1 saturated heterocycles. The van der Waals surface area contributed by atoms with Crippen LogP contribution >= 0.6 is 11.6 Å². The van der Waals surface area contributed by atoms with Gasteiger partial charge in [-0.15, -0.1) is 0 Å². The Hall–Kier alpha value is -0.740. The lowest BCUT2D eigenvalue weighted by molar-refractivity contribution is -0.0393. The van der Waals surface area contributed by atoms with Gasteiger partial charge in [0.05, 0.1) is 6.20 Å². The molecule has 0 bridgehead atoms. The highest BCUT2D eigenvalue weighted by Gasteiger charge is 2.20. The average Bonchev–Trinajstić information content (AvgIpc) is 2.49. The second-order valence-electron chi connectivity index (χ2n) is 3.09. The summed E-state index contributed by atoms with van der Waals surface area (Å²) in [5.74, 6) is 0.0100. The summed E-state index contributed by atoms with van der Waals surface area (Å²) in [6.45, 7) is 0.738. The molecule has 4 nitrogen and oxygen atoms in total. The van der Waals surface area contributed by atoms with Crippen molar-refractivity contribution in [2.45, 2.75) is 25.5 Å². The van der Waals surface area contributed by atoms with Crippen LogP contribution in [0, 0.1) is 0 Å². The van der Waals surface area contributed by atoms with Gasteiger partial charge in [0, 0.05) is 6.61 Å². The SMILES string of the molecule is Oc1cnn(C2CCCCO2)c1Cl. The van der Waals surface area contributed by atoms with Crippen LogP contribution in [-0.2, 0) is 4.74 Å². The third-order valence-corrected chi connectivity index (χ3v) is 2.51. The summed E-state index contributed by atoms with van der Waals surface area (Å²) in [4.78, 5) is 0. The summed E-state index contributed by atoms with van der Waals surface area (Å²) < 4.78 is 6.99. The Bertz CT molecular complexity index is 294. The first-order valence-electron chi connectivity index (χ1n) is 4.32. The molecule has 0 saturated carbocycles. The Morgan fingerprint density at radius 1 is 1.62 bits per heavy atom. The lowest BCUT2D eigenvalue weighted by atomic mass is 10.2. The minimum absolute atomic E-state index is 0.0100. The van der Waals surface area contributed by atoms with E-state index in [2.05, 4.69) is 5.10 Å². The maximum absolute atomic E-state index is 9.20. The van der Waals surface area contributed by atoms with Crippen LogP contribution in [0.2, 0.25) is 5.15 Å². The fourth-order valence-corrected chi connectivity index (χ4v) is 1.66. The van der Waals surface area contributed by atoms with Crippen molar-refractivity contribution in [3.63, 3.8) is 0 Å². The molecule has 2 heterocycles. The lowest BCUT2D eigenvalue weighted by Gasteiger charge is -2.23. The summed E-state index contributed by atoms with van der Waals surface area (Å²) in [5, 5.41) is 13.4. The van der Waals surface area contributed by atoms with Crippen molar-refractivity contribution < 1.29 is 9.84 Å². The Morgan fingerprint density at radius 2 is 2.46 bits per heavy atom. The zero-order chi connectivity index (χ0) is 9.26. The molecule has 13 heavy (non-hydrogen) atoms. The van der Waals surface area contributed by atoms with Crippen molar-refractivity contribution >= 4 is 11.6 Å². The van der Waals surface area contributed by atoms with E-state index in [1.165, 1.54) is 10.9 Å². The first-order valence-corrected chi connectivity index (χ1v) is 4.70. The fourth-order valence-electron chi connectivity index (χ4n) is 1.46. The highest BCUT2D eigenvalue weighted by atomic mass is 35.5. The van der Waals surface area contributed by atoms with Crippen molar-refractivity contribution in [3.8, 4) is 5.75 Å². The third kappa shape index (κ3) is 1.64. The highest BCUT2D eigenvalue weighted by molar-refractivity contribution is 6.30. The monoisotopic (exact) mass is 202 g/mol. The standard InChI is InChI=1S/C8H11ClN2O2/c9-8-6(12)5-10-11(8)7-3-1-2-4-13-7/h5,7,12H,1-4H2. The third-order valence-electron chi connectivity index (χ3n) is 2.15. The second kappa shape index (κ2) is 3.55. The van der Waals surface area contributed by atoms with E-state index < -0.39 is 0 Å². The lowest BCUT2D eigenvalue weighted by Crippen LogP contribution is -2.19. The normalized spacial score (nSPS) is 23.3. The molecule has 1 fully saturated rings. The maximum Gasteiger partial charge on any atom is 0.173 e. The van der Waals surface area contributed by atoms with Crippen molar-refractivity contribution in [1.82, 2.24) is 9.78 Å². The molecule has 1 aromatic rings. The number of halogens is 1. The molecule has 2 rings (SSSR count). The Kier molecular flexibility index (Phi) is 2.42. The van der Waals surface area contributed by atoms with Crippen LogP contribution in [0.15, 0.2) is 6.20 Å². The number of ether oxygens (including phenoxy) is 1. The van der Waals surface area contributed by atoms with Crippen LogP contribution in [0.25, 0.3) is 0 Å². The van der Waals surface area contributed by atoms with E-state index in [4.69, 9.17) is 16.3 Å². The molecule has 0 aromatic carbocycles. The van der Waals surface area contributed by atoms with E-state index in [9.17, 15) is 5.11 Å². The molecule has 1 aliphatic rings. The van der Waals surface area contributed by atoms with Crippen molar-refractivity contribution in [3.05, 3.63) is 11.3 Å². The summed E-state index contributed by atoms with van der Waals surface area (Å²) in [5.41, 5.74) is 0. The van der Waals surface area contributed by atoms with Gasteiger partial charge < -0.3 is 9.84 Å². The van der Waals surface area contributed by atoms with Gasteiger partial charge in [0.1, 0.15) is 0 Å². The number of hydrogen-bond donors (Lipinski definition) is 1. The molecule has 5 heteroatoms. The Balaban J connectivity index is 2.18. The Labute approximate surface area is 81.1 Å². The molecular weight excluding hydrogens is 192 g/mol. The van der Waals surface area contributed by atoms with E-state index >= 15 is 0 Å².